The third kappa shape index (κ3) is 3.37. The van der Waals surface area contributed by atoms with Gasteiger partial charge in [0.1, 0.15) is 0 Å². The second kappa shape index (κ2) is 6.61. The largest absolute Gasteiger partial charge is 0.494 e. The van der Waals surface area contributed by atoms with Gasteiger partial charge < -0.3 is 9.67 Å². The highest BCUT2D eigenvalue weighted by Crippen LogP contribution is 2.24. The smallest absolute Gasteiger partial charge is 0.307 e. The van der Waals surface area contributed by atoms with E-state index in [0.29, 0.717) is 11.3 Å². The number of rotatable bonds is 5. The van der Waals surface area contributed by atoms with Crippen molar-refractivity contribution in [2.75, 3.05) is 0 Å². The number of H-pyrrole nitrogens is 1. The molecule has 2 aromatic heterocycles. The summed E-state index contributed by atoms with van der Waals surface area (Å²) in [5.41, 5.74) is 3.61. The lowest BCUT2D eigenvalue weighted by Gasteiger charge is -2.07. The van der Waals surface area contributed by atoms with Crippen molar-refractivity contribution in [2.24, 2.45) is 0 Å². The first-order chi connectivity index (χ1) is 12.2. The van der Waals surface area contributed by atoms with Crippen molar-refractivity contribution >= 4 is 22.2 Å². The van der Waals surface area contributed by atoms with Crippen molar-refractivity contribution in [3.8, 4) is 5.88 Å². The number of hydrogen-bond donors (Lipinski definition) is 2. The minimum Gasteiger partial charge on any atom is -0.494 e. The summed E-state index contributed by atoms with van der Waals surface area (Å²) in [6.07, 6.45) is 3.67. The molecule has 5 heteroatoms. The van der Waals surface area contributed by atoms with Crippen LogP contribution < -0.4 is 4.87 Å². The molecule has 0 aliphatic rings. The zero-order valence-corrected chi connectivity index (χ0v) is 14.4. The Hall–Kier alpha value is -2.79. The fraction of sp³-hybridized carbons (Fsp3) is 0.150. The second-order valence-electron chi connectivity index (χ2n) is 6.10. The molecule has 0 unspecified atom stereocenters. The van der Waals surface area contributed by atoms with Crippen LogP contribution in [0.1, 0.15) is 16.0 Å². The number of aryl methyl sites for hydroxylation is 2. The summed E-state index contributed by atoms with van der Waals surface area (Å²) >= 11 is 1.06. The fourth-order valence-corrected chi connectivity index (χ4v) is 3.86. The third-order valence-electron chi connectivity index (χ3n) is 4.38. The zero-order chi connectivity index (χ0) is 17.2. The number of benzene rings is 2. The van der Waals surface area contributed by atoms with Crippen LogP contribution in [0.25, 0.3) is 10.9 Å². The van der Waals surface area contributed by atoms with Gasteiger partial charge in [0.05, 0.1) is 4.88 Å². The molecule has 4 aromatic rings. The SMILES string of the molecule is O=c1[nH]c(O)c(Cc2ccc3c(ccn3CCc3ccccc3)c2)s1. The van der Waals surface area contributed by atoms with E-state index in [9.17, 15) is 9.90 Å². The fourth-order valence-electron chi connectivity index (χ4n) is 3.11. The van der Waals surface area contributed by atoms with Crippen LogP contribution in [0, 0.1) is 0 Å². The number of aromatic nitrogens is 2. The van der Waals surface area contributed by atoms with Gasteiger partial charge in [-0.05, 0) is 41.1 Å². The normalized spacial score (nSPS) is 11.2. The van der Waals surface area contributed by atoms with Crippen molar-refractivity contribution in [3.05, 3.63) is 86.5 Å². The van der Waals surface area contributed by atoms with Gasteiger partial charge in [-0.15, -0.1) is 0 Å². The van der Waals surface area contributed by atoms with Crippen molar-refractivity contribution in [2.45, 2.75) is 19.4 Å². The van der Waals surface area contributed by atoms with Gasteiger partial charge in [0.25, 0.3) is 0 Å². The standard InChI is InChI=1S/C20H18N2O2S/c23-19-18(25-20(24)21-19)13-15-6-7-17-16(12-15)9-11-22(17)10-8-14-4-2-1-3-5-14/h1-7,9,11-12,23H,8,10,13H2,(H,21,24). The molecule has 0 saturated carbocycles. The Morgan fingerprint density at radius 1 is 1.04 bits per heavy atom. The van der Waals surface area contributed by atoms with Gasteiger partial charge in [-0.25, -0.2) is 0 Å². The molecule has 2 heterocycles. The summed E-state index contributed by atoms with van der Waals surface area (Å²) in [5.74, 6) is -0.0180. The summed E-state index contributed by atoms with van der Waals surface area (Å²) in [5, 5.41) is 10.9. The molecule has 0 saturated heterocycles. The van der Waals surface area contributed by atoms with Crippen LogP contribution in [0.4, 0.5) is 0 Å². The van der Waals surface area contributed by atoms with Gasteiger partial charge in [0.2, 0.25) is 5.88 Å². The van der Waals surface area contributed by atoms with E-state index in [1.807, 2.05) is 6.07 Å². The molecule has 25 heavy (non-hydrogen) atoms. The molecule has 0 spiro atoms. The number of aromatic amines is 1. The van der Waals surface area contributed by atoms with E-state index >= 15 is 0 Å². The molecule has 0 fully saturated rings. The van der Waals surface area contributed by atoms with Crippen LogP contribution in [-0.4, -0.2) is 14.7 Å². The molecule has 0 aliphatic heterocycles. The first kappa shape index (κ1) is 15.7. The molecule has 4 nitrogen and oxygen atoms in total. The Balaban J connectivity index is 1.54. The summed E-state index contributed by atoms with van der Waals surface area (Å²) < 4.78 is 2.26. The molecule has 0 bridgehead atoms. The van der Waals surface area contributed by atoms with E-state index in [4.69, 9.17) is 0 Å². The number of nitrogens with one attached hydrogen (secondary N) is 1. The van der Waals surface area contributed by atoms with Gasteiger partial charge in [-0.1, -0.05) is 47.7 Å². The van der Waals surface area contributed by atoms with Gasteiger partial charge >= 0.3 is 4.87 Å². The van der Waals surface area contributed by atoms with Crippen molar-refractivity contribution in [1.82, 2.24) is 9.55 Å². The Morgan fingerprint density at radius 2 is 1.88 bits per heavy atom. The topological polar surface area (TPSA) is 58.0 Å². The quantitative estimate of drug-likeness (QED) is 0.573. The number of aromatic hydroxyl groups is 1. The molecular formula is C20H18N2O2S. The monoisotopic (exact) mass is 350 g/mol. The molecule has 0 atom stereocenters. The summed E-state index contributed by atoms with van der Waals surface area (Å²) in [6, 6.07) is 18.9. The average Bonchev–Trinajstić information content (AvgIpc) is 3.16. The van der Waals surface area contributed by atoms with Gasteiger partial charge in [0.15, 0.2) is 0 Å². The Labute approximate surface area is 149 Å². The van der Waals surface area contributed by atoms with Crippen LogP contribution in [0.3, 0.4) is 0 Å². The minimum absolute atomic E-state index is 0.0180. The Bertz CT molecular complexity index is 1060. The second-order valence-corrected chi connectivity index (χ2v) is 7.17. The highest BCUT2D eigenvalue weighted by molar-refractivity contribution is 7.09. The number of fused-ring (bicyclic) bond motifs is 1. The van der Waals surface area contributed by atoms with E-state index < -0.39 is 0 Å². The van der Waals surface area contributed by atoms with Gasteiger partial charge in [0, 0.05) is 24.7 Å². The van der Waals surface area contributed by atoms with E-state index in [1.54, 1.807) is 0 Å². The molecular weight excluding hydrogens is 332 g/mol. The van der Waals surface area contributed by atoms with E-state index in [0.717, 1.165) is 29.9 Å². The van der Waals surface area contributed by atoms with E-state index in [1.165, 1.54) is 16.5 Å². The highest BCUT2D eigenvalue weighted by Gasteiger charge is 2.09. The molecule has 126 valence electrons. The van der Waals surface area contributed by atoms with E-state index in [2.05, 4.69) is 64.3 Å². The lowest BCUT2D eigenvalue weighted by molar-refractivity contribution is 0.451. The van der Waals surface area contributed by atoms with E-state index in [-0.39, 0.29) is 10.8 Å². The first-order valence-corrected chi connectivity index (χ1v) is 9.03. The molecule has 0 aliphatic carbocycles. The molecule has 2 N–H and O–H groups in total. The predicted octanol–water partition coefficient (Wildman–Crippen LogP) is 3.93. The van der Waals surface area contributed by atoms with Crippen LogP contribution in [0.15, 0.2) is 65.6 Å². The van der Waals surface area contributed by atoms with Crippen molar-refractivity contribution in [1.29, 1.82) is 0 Å². The summed E-state index contributed by atoms with van der Waals surface area (Å²) in [6.45, 7) is 0.938. The van der Waals surface area contributed by atoms with Crippen LogP contribution in [0.2, 0.25) is 0 Å². The van der Waals surface area contributed by atoms with Gasteiger partial charge in [-0.2, -0.15) is 0 Å². The molecule has 0 amide bonds. The third-order valence-corrected chi connectivity index (χ3v) is 5.26. The number of hydrogen-bond acceptors (Lipinski definition) is 3. The van der Waals surface area contributed by atoms with Crippen LogP contribution in [-0.2, 0) is 19.4 Å². The highest BCUT2D eigenvalue weighted by atomic mass is 32.1. The Morgan fingerprint density at radius 3 is 2.64 bits per heavy atom. The first-order valence-electron chi connectivity index (χ1n) is 8.22. The summed E-state index contributed by atoms with van der Waals surface area (Å²) in [7, 11) is 0. The number of thiazole rings is 1. The number of nitrogens with zero attached hydrogens (tertiary/aromatic N) is 1. The molecule has 2 aromatic carbocycles. The lowest BCUT2D eigenvalue weighted by Crippen LogP contribution is -1.99. The van der Waals surface area contributed by atoms with Gasteiger partial charge in [-0.3, -0.25) is 9.78 Å². The van der Waals surface area contributed by atoms with Crippen molar-refractivity contribution in [3.63, 3.8) is 0 Å². The van der Waals surface area contributed by atoms with Crippen LogP contribution in [0.5, 0.6) is 5.88 Å². The zero-order valence-electron chi connectivity index (χ0n) is 13.6. The maximum Gasteiger partial charge on any atom is 0.307 e. The van der Waals surface area contributed by atoms with Crippen LogP contribution >= 0.6 is 11.3 Å². The maximum atomic E-state index is 11.3. The average molecular weight is 350 g/mol. The maximum absolute atomic E-state index is 11.3. The molecule has 0 radical (unpaired) electrons. The predicted molar refractivity (Wildman–Crippen MR) is 101 cm³/mol. The summed E-state index contributed by atoms with van der Waals surface area (Å²) in [4.78, 5) is 14.2. The Kier molecular flexibility index (Phi) is 4.15. The van der Waals surface area contributed by atoms with Crippen molar-refractivity contribution < 1.29 is 5.11 Å². The lowest BCUT2D eigenvalue weighted by atomic mass is 10.1. The minimum atomic E-state index is -0.222. The molecule has 4 rings (SSSR count).